The minimum Gasteiger partial charge on any atom is -0.335 e. The fourth-order valence-corrected chi connectivity index (χ4v) is 2.18. The lowest BCUT2D eigenvalue weighted by molar-refractivity contribution is 0.226. The largest absolute Gasteiger partial charge is 0.335 e. The number of hydrogen-bond donors (Lipinski definition) is 2. The monoisotopic (exact) mass is 218 g/mol. The van der Waals surface area contributed by atoms with Crippen LogP contribution >= 0.6 is 0 Å². The van der Waals surface area contributed by atoms with Crippen LogP contribution in [0.5, 0.6) is 0 Å². The van der Waals surface area contributed by atoms with Gasteiger partial charge in [0.15, 0.2) is 0 Å². The van der Waals surface area contributed by atoms with Crippen LogP contribution in [0.2, 0.25) is 0 Å². The van der Waals surface area contributed by atoms with E-state index in [0.717, 1.165) is 12.8 Å². The third-order valence-corrected chi connectivity index (χ3v) is 3.27. The molecule has 2 atom stereocenters. The van der Waals surface area contributed by atoms with Gasteiger partial charge in [0, 0.05) is 34.9 Å². The van der Waals surface area contributed by atoms with Gasteiger partial charge in [-0.3, -0.25) is 4.21 Å². The van der Waals surface area contributed by atoms with Crippen molar-refractivity contribution in [1.29, 1.82) is 0 Å². The Hall–Kier alpha value is -0.580. The normalized spacial score (nSPS) is 20.7. The number of amides is 2. The molecule has 82 valence electrons. The molecule has 2 unspecified atom stereocenters. The first-order chi connectivity index (χ1) is 6.58. The SMILES string of the molecule is CC(CS(C)=O)NC(=O)NC1CCC1. The van der Waals surface area contributed by atoms with Gasteiger partial charge in [0.2, 0.25) is 0 Å². The summed E-state index contributed by atoms with van der Waals surface area (Å²) in [7, 11) is -0.855. The molecule has 0 aromatic carbocycles. The second-order valence-electron chi connectivity index (χ2n) is 3.89. The van der Waals surface area contributed by atoms with Crippen LogP contribution in [-0.2, 0) is 10.8 Å². The number of hydrogen-bond acceptors (Lipinski definition) is 2. The lowest BCUT2D eigenvalue weighted by atomic mass is 9.93. The molecule has 2 N–H and O–H groups in total. The number of carbonyl (C=O) groups excluding carboxylic acids is 1. The molecule has 1 rings (SSSR count). The van der Waals surface area contributed by atoms with Gasteiger partial charge in [-0.05, 0) is 26.2 Å². The predicted molar refractivity (Wildman–Crippen MR) is 57.7 cm³/mol. The van der Waals surface area contributed by atoms with Gasteiger partial charge < -0.3 is 10.6 Å². The van der Waals surface area contributed by atoms with Crippen LogP contribution in [0, 0.1) is 0 Å². The Morgan fingerprint density at radius 3 is 2.64 bits per heavy atom. The topological polar surface area (TPSA) is 58.2 Å². The summed E-state index contributed by atoms with van der Waals surface area (Å²) in [6, 6.07) is 0.197. The molecule has 0 aromatic heterocycles. The summed E-state index contributed by atoms with van der Waals surface area (Å²) in [5.74, 6) is 0.512. The van der Waals surface area contributed by atoms with Crippen LogP contribution in [0.25, 0.3) is 0 Å². The zero-order valence-corrected chi connectivity index (χ0v) is 9.52. The average Bonchev–Trinajstić information content (AvgIpc) is 1.94. The number of carbonyl (C=O) groups is 1. The molecule has 0 bridgehead atoms. The molecule has 0 aromatic rings. The van der Waals surface area contributed by atoms with E-state index in [4.69, 9.17) is 0 Å². The molecule has 2 amide bonds. The Bertz CT molecular complexity index is 229. The molecule has 0 aliphatic heterocycles. The Kier molecular flexibility index (Phi) is 4.38. The van der Waals surface area contributed by atoms with Crippen molar-refractivity contribution >= 4 is 16.8 Å². The maximum Gasteiger partial charge on any atom is 0.315 e. The first kappa shape index (κ1) is 11.5. The van der Waals surface area contributed by atoms with Gasteiger partial charge in [-0.25, -0.2) is 4.79 Å². The zero-order valence-electron chi connectivity index (χ0n) is 8.71. The number of nitrogens with one attached hydrogen (secondary N) is 2. The Morgan fingerprint density at radius 1 is 1.57 bits per heavy atom. The molecule has 1 saturated carbocycles. The van der Waals surface area contributed by atoms with Crippen molar-refractivity contribution in [2.24, 2.45) is 0 Å². The second-order valence-corrected chi connectivity index (χ2v) is 5.37. The Balaban J connectivity index is 2.14. The van der Waals surface area contributed by atoms with Gasteiger partial charge in [0.05, 0.1) is 0 Å². The average molecular weight is 218 g/mol. The Morgan fingerprint density at radius 2 is 2.21 bits per heavy atom. The highest BCUT2D eigenvalue weighted by Gasteiger charge is 2.19. The van der Waals surface area contributed by atoms with E-state index in [0.29, 0.717) is 11.8 Å². The van der Waals surface area contributed by atoms with Crippen molar-refractivity contribution in [3.05, 3.63) is 0 Å². The lowest BCUT2D eigenvalue weighted by Crippen LogP contribution is -2.48. The van der Waals surface area contributed by atoms with Crippen LogP contribution in [0.3, 0.4) is 0 Å². The van der Waals surface area contributed by atoms with Crippen molar-refractivity contribution in [2.45, 2.75) is 38.3 Å². The molecule has 0 radical (unpaired) electrons. The van der Waals surface area contributed by atoms with E-state index >= 15 is 0 Å². The molecule has 1 fully saturated rings. The summed E-state index contributed by atoms with van der Waals surface area (Å²) in [5.41, 5.74) is 0. The van der Waals surface area contributed by atoms with E-state index in [1.54, 1.807) is 6.26 Å². The smallest absolute Gasteiger partial charge is 0.315 e. The van der Waals surface area contributed by atoms with Crippen molar-refractivity contribution in [3.63, 3.8) is 0 Å². The molecule has 5 heteroatoms. The summed E-state index contributed by atoms with van der Waals surface area (Å²) < 4.78 is 10.9. The highest BCUT2D eigenvalue weighted by molar-refractivity contribution is 7.84. The molecular weight excluding hydrogens is 200 g/mol. The molecule has 14 heavy (non-hydrogen) atoms. The van der Waals surface area contributed by atoms with Gasteiger partial charge in [0.1, 0.15) is 0 Å². The lowest BCUT2D eigenvalue weighted by Gasteiger charge is -2.27. The van der Waals surface area contributed by atoms with Gasteiger partial charge >= 0.3 is 6.03 Å². The summed E-state index contributed by atoms with van der Waals surface area (Å²) in [4.78, 5) is 11.3. The minimum atomic E-state index is -0.855. The second kappa shape index (κ2) is 5.34. The van der Waals surface area contributed by atoms with Crippen LogP contribution in [0.1, 0.15) is 26.2 Å². The van der Waals surface area contributed by atoms with Gasteiger partial charge in [-0.15, -0.1) is 0 Å². The van der Waals surface area contributed by atoms with Crippen molar-refractivity contribution in [1.82, 2.24) is 10.6 Å². The van der Waals surface area contributed by atoms with Crippen LogP contribution in [0.15, 0.2) is 0 Å². The molecule has 0 spiro atoms. The maximum atomic E-state index is 11.3. The summed E-state index contributed by atoms with van der Waals surface area (Å²) >= 11 is 0. The van der Waals surface area contributed by atoms with Crippen molar-refractivity contribution in [2.75, 3.05) is 12.0 Å². The quantitative estimate of drug-likeness (QED) is 0.726. The zero-order chi connectivity index (χ0) is 10.6. The van der Waals surface area contributed by atoms with E-state index in [-0.39, 0.29) is 12.1 Å². The van der Waals surface area contributed by atoms with Gasteiger partial charge in [0.25, 0.3) is 0 Å². The van der Waals surface area contributed by atoms with E-state index in [2.05, 4.69) is 10.6 Å². The van der Waals surface area contributed by atoms with Crippen LogP contribution in [0.4, 0.5) is 4.79 Å². The third-order valence-electron chi connectivity index (χ3n) is 2.30. The molecule has 0 saturated heterocycles. The molecule has 4 nitrogen and oxygen atoms in total. The van der Waals surface area contributed by atoms with Gasteiger partial charge in [-0.2, -0.15) is 0 Å². The van der Waals surface area contributed by atoms with Crippen molar-refractivity contribution < 1.29 is 9.00 Å². The summed E-state index contributed by atoms with van der Waals surface area (Å²) in [6.07, 6.45) is 5.02. The first-order valence-corrected chi connectivity index (χ1v) is 6.67. The first-order valence-electron chi connectivity index (χ1n) is 4.95. The van der Waals surface area contributed by atoms with E-state index in [9.17, 15) is 9.00 Å². The summed E-state index contributed by atoms with van der Waals surface area (Å²) in [6.45, 7) is 1.86. The molecule has 1 aliphatic carbocycles. The molecule has 0 heterocycles. The van der Waals surface area contributed by atoms with E-state index in [1.807, 2.05) is 6.92 Å². The number of urea groups is 1. The van der Waals surface area contributed by atoms with Gasteiger partial charge in [-0.1, -0.05) is 0 Å². The minimum absolute atomic E-state index is 0.0269. The third kappa shape index (κ3) is 4.09. The fraction of sp³-hybridized carbons (Fsp3) is 0.889. The number of rotatable bonds is 4. The van der Waals surface area contributed by atoms with E-state index < -0.39 is 10.8 Å². The Labute approximate surface area is 87.3 Å². The fourth-order valence-electron chi connectivity index (χ4n) is 1.40. The van der Waals surface area contributed by atoms with Crippen molar-refractivity contribution in [3.8, 4) is 0 Å². The maximum absolute atomic E-state index is 11.3. The molecular formula is C9H18N2O2S. The highest BCUT2D eigenvalue weighted by Crippen LogP contribution is 2.17. The molecule has 1 aliphatic rings. The predicted octanol–water partition coefficient (Wildman–Crippen LogP) is 0.605. The standard InChI is InChI=1S/C9H18N2O2S/c1-7(6-14(2)13)10-9(12)11-8-4-3-5-8/h7-8H,3-6H2,1-2H3,(H2,10,11,12). The van der Waals surface area contributed by atoms with Crippen LogP contribution in [-0.4, -0.2) is 34.3 Å². The highest BCUT2D eigenvalue weighted by atomic mass is 32.2. The van der Waals surface area contributed by atoms with E-state index in [1.165, 1.54) is 6.42 Å². The van der Waals surface area contributed by atoms with Crippen LogP contribution < -0.4 is 10.6 Å². The summed E-state index contributed by atoms with van der Waals surface area (Å²) in [5, 5.41) is 5.64.